The van der Waals surface area contributed by atoms with Crippen molar-refractivity contribution in [1.82, 2.24) is 4.90 Å². The summed E-state index contributed by atoms with van der Waals surface area (Å²) in [6.07, 6.45) is 6.49. The minimum atomic E-state index is -0.211. The maximum atomic E-state index is 11.5. The van der Waals surface area contributed by atoms with Crippen LogP contribution in [-0.4, -0.2) is 36.9 Å². The average Bonchev–Trinajstić information content (AvgIpc) is 3.35. The second-order valence-corrected chi connectivity index (χ2v) is 6.76. The van der Waals surface area contributed by atoms with E-state index in [-0.39, 0.29) is 5.41 Å². The van der Waals surface area contributed by atoms with Crippen molar-refractivity contribution in [2.45, 2.75) is 57.4 Å². The third-order valence-corrected chi connectivity index (χ3v) is 5.09. The van der Waals surface area contributed by atoms with Crippen molar-refractivity contribution in [3.8, 4) is 5.75 Å². The first-order valence-corrected chi connectivity index (χ1v) is 8.69. The Labute approximate surface area is 133 Å². The molecule has 22 heavy (non-hydrogen) atoms. The Bertz CT molecular complexity index is 530. The van der Waals surface area contributed by atoms with Crippen LogP contribution in [0, 0.1) is 0 Å². The Morgan fingerprint density at radius 3 is 2.59 bits per heavy atom. The summed E-state index contributed by atoms with van der Waals surface area (Å²) in [6, 6.07) is 6.67. The highest BCUT2D eigenvalue weighted by Gasteiger charge is 2.46. The zero-order valence-corrected chi connectivity index (χ0v) is 13.8. The number of carbonyl (C=O) groups is 1. The van der Waals surface area contributed by atoms with Gasteiger partial charge in [-0.3, -0.25) is 4.90 Å². The molecule has 1 aromatic rings. The van der Waals surface area contributed by atoms with Crippen molar-refractivity contribution < 1.29 is 9.53 Å². The van der Waals surface area contributed by atoms with Gasteiger partial charge in [0.25, 0.3) is 0 Å². The Balaban J connectivity index is 1.86. The molecule has 0 bridgehead atoms. The van der Waals surface area contributed by atoms with Gasteiger partial charge in [0.05, 0.1) is 5.41 Å². The van der Waals surface area contributed by atoms with Crippen LogP contribution in [-0.2, 0) is 16.6 Å². The molecule has 1 saturated carbocycles. The minimum absolute atomic E-state index is 0.211. The summed E-state index contributed by atoms with van der Waals surface area (Å²) in [5.41, 5.74) is 2.29. The molecule has 1 heterocycles. The van der Waals surface area contributed by atoms with Crippen molar-refractivity contribution in [1.29, 1.82) is 0 Å². The van der Waals surface area contributed by atoms with Gasteiger partial charge in [0.2, 0.25) is 0 Å². The molecular formula is C19H27NO2. The lowest BCUT2D eigenvalue weighted by molar-refractivity contribution is -0.109. The molecule has 2 aliphatic rings. The molecule has 3 nitrogen and oxygen atoms in total. The van der Waals surface area contributed by atoms with Crippen LogP contribution in [0.5, 0.6) is 5.75 Å². The van der Waals surface area contributed by atoms with Crippen molar-refractivity contribution in [2.24, 2.45) is 0 Å². The summed E-state index contributed by atoms with van der Waals surface area (Å²) >= 11 is 0. The SMILES string of the molecule is CCCN(CCC)C1COc2cccc(C3(C=O)CC3)c2C1. The van der Waals surface area contributed by atoms with Gasteiger partial charge in [-0.2, -0.15) is 0 Å². The van der Waals surface area contributed by atoms with E-state index in [0.717, 1.165) is 51.0 Å². The minimum Gasteiger partial charge on any atom is -0.492 e. The van der Waals surface area contributed by atoms with Crippen molar-refractivity contribution >= 4 is 6.29 Å². The number of nitrogens with zero attached hydrogens (tertiary/aromatic N) is 1. The van der Waals surface area contributed by atoms with Gasteiger partial charge in [-0.15, -0.1) is 0 Å². The smallest absolute Gasteiger partial charge is 0.130 e. The fraction of sp³-hybridized carbons (Fsp3) is 0.632. The first-order valence-electron chi connectivity index (χ1n) is 8.69. The highest BCUT2D eigenvalue weighted by Crippen LogP contribution is 2.49. The number of hydrogen-bond acceptors (Lipinski definition) is 3. The lowest BCUT2D eigenvalue weighted by atomic mass is 9.87. The van der Waals surface area contributed by atoms with E-state index in [2.05, 4.69) is 30.9 Å². The molecule has 3 rings (SSSR count). The van der Waals surface area contributed by atoms with Gasteiger partial charge in [0.15, 0.2) is 0 Å². The van der Waals surface area contributed by atoms with E-state index >= 15 is 0 Å². The molecule has 3 heteroatoms. The van der Waals surface area contributed by atoms with Crippen molar-refractivity contribution in [3.63, 3.8) is 0 Å². The van der Waals surface area contributed by atoms with Crippen LogP contribution in [0.1, 0.15) is 50.7 Å². The Kier molecular flexibility index (Phi) is 4.53. The monoisotopic (exact) mass is 301 g/mol. The van der Waals surface area contributed by atoms with E-state index in [0.29, 0.717) is 6.04 Å². The molecule has 0 aromatic heterocycles. The summed E-state index contributed by atoms with van der Waals surface area (Å²) in [7, 11) is 0. The highest BCUT2D eigenvalue weighted by atomic mass is 16.5. The average molecular weight is 301 g/mol. The van der Waals surface area contributed by atoms with Gasteiger partial charge in [0.1, 0.15) is 18.6 Å². The topological polar surface area (TPSA) is 29.5 Å². The molecular weight excluding hydrogens is 274 g/mol. The van der Waals surface area contributed by atoms with Crippen LogP contribution in [0.25, 0.3) is 0 Å². The van der Waals surface area contributed by atoms with Crippen molar-refractivity contribution in [2.75, 3.05) is 19.7 Å². The third-order valence-electron chi connectivity index (χ3n) is 5.09. The van der Waals surface area contributed by atoms with Gasteiger partial charge in [0, 0.05) is 6.04 Å². The molecule has 0 spiro atoms. The Hall–Kier alpha value is -1.35. The molecule has 0 amide bonds. The van der Waals surface area contributed by atoms with Crippen LogP contribution in [0.3, 0.4) is 0 Å². The number of ether oxygens (including phenoxy) is 1. The van der Waals surface area contributed by atoms with Gasteiger partial charge in [-0.05, 0) is 62.4 Å². The van der Waals surface area contributed by atoms with Gasteiger partial charge >= 0.3 is 0 Å². The molecule has 1 aromatic carbocycles. The molecule has 0 radical (unpaired) electrons. The number of carbonyl (C=O) groups excluding carboxylic acids is 1. The van der Waals surface area contributed by atoms with Crippen LogP contribution in [0.2, 0.25) is 0 Å². The van der Waals surface area contributed by atoms with E-state index in [4.69, 9.17) is 4.74 Å². The maximum Gasteiger partial charge on any atom is 0.130 e. The molecule has 0 N–H and O–H groups in total. The molecule has 120 valence electrons. The molecule has 1 unspecified atom stereocenters. The normalized spacial score (nSPS) is 22.0. The van der Waals surface area contributed by atoms with E-state index in [1.807, 2.05) is 6.07 Å². The molecule has 0 saturated heterocycles. The van der Waals surface area contributed by atoms with Crippen molar-refractivity contribution in [3.05, 3.63) is 29.3 Å². The fourth-order valence-electron chi connectivity index (χ4n) is 3.73. The lowest BCUT2D eigenvalue weighted by Crippen LogP contribution is -2.44. The molecule has 1 atom stereocenters. The number of fused-ring (bicyclic) bond motifs is 1. The molecule has 1 fully saturated rings. The maximum absolute atomic E-state index is 11.5. The standard InChI is InChI=1S/C19H27NO2/c1-3-10-20(11-4-2)15-12-16-17(19(14-21)8-9-19)6-5-7-18(16)22-13-15/h5-7,14-15H,3-4,8-13H2,1-2H3. The summed E-state index contributed by atoms with van der Waals surface area (Å²) in [6.45, 7) is 7.48. The first kappa shape index (κ1) is 15.5. The number of aldehydes is 1. The highest BCUT2D eigenvalue weighted by molar-refractivity contribution is 5.75. The third kappa shape index (κ3) is 2.79. The van der Waals surface area contributed by atoms with Gasteiger partial charge in [-0.25, -0.2) is 0 Å². The Morgan fingerprint density at radius 1 is 1.27 bits per heavy atom. The lowest BCUT2D eigenvalue weighted by Gasteiger charge is -2.36. The zero-order valence-electron chi connectivity index (χ0n) is 13.8. The predicted octanol–water partition coefficient (Wildman–Crippen LogP) is 3.34. The Morgan fingerprint density at radius 2 is 2.00 bits per heavy atom. The summed E-state index contributed by atoms with van der Waals surface area (Å²) < 4.78 is 6.06. The van der Waals surface area contributed by atoms with Gasteiger partial charge < -0.3 is 9.53 Å². The second kappa shape index (κ2) is 6.41. The van der Waals surface area contributed by atoms with Crippen LogP contribution < -0.4 is 4.74 Å². The van der Waals surface area contributed by atoms with Crippen LogP contribution in [0.15, 0.2) is 18.2 Å². The van der Waals surface area contributed by atoms with E-state index < -0.39 is 0 Å². The largest absolute Gasteiger partial charge is 0.492 e. The van der Waals surface area contributed by atoms with Gasteiger partial charge in [-0.1, -0.05) is 26.0 Å². The second-order valence-electron chi connectivity index (χ2n) is 6.76. The van der Waals surface area contributed by atoms with E-state index in [1.165, 1.54) is 24.0 Å². The fourth-order valence-corrected chi connectivity index (χ4v) is 3.73. The van der Waals surface area contributed by atoms with Crippen LogP contribution >= 0.6 is 0 Å². The first-order chi connectivity index (χ1) is 10.7. The summed E-state index contributed by atoms with van der Waals surface area (Å²) in [4.78, 5) is 14.1. The summed E-state index contributed by atoms with van der Waals surface area (Å²) in [5, 5.41) is 0. The zero-order chi connectivity index (χ0) is 15.6. The summed E-state index contributed by atoms with van der Waals surface area (Å²) in [5.74, 6) is 0.995. The number of rotatable bonds is 7. The molecule has 1 aliphatic heterocycles. The number of benzene rings is 1. The quantitative estimate of drug-likeness (QED) is 0.723. The predicted molar refractivity (Wildman–Crippen MR) is 88.6 cm³/mol. The van der Waals surface area contributed by atoms with Crippen LogP contribution in [0.4, 0.5) is 0 Å². The molecule has 1 aliphatic carbocycles. The van der Waals surface area contributed by atoms with E-state index in [1.54, 1.807) is 0 Å². The number of hydrogen-bond donors (Lipinski definition) is 0. The van der Waals surface area contributed by atoms with E-state index in [9.17, 15) is 4.79 Å².